The number of hydrogen-bond acceptors (Lipinski definition) is 7. The number of carboxylic acid groups (broad SMARTS) is 1. The second-order valence-electron chi connectivity index (χ2n) is 6.26. The van der Waals surface area contributed by atoms with Crippen molar-refractivity contribution in [2.45, 2.75) is 32.0 Å². The number of carboxylic acids is 1. The lowest BCUT2D eigenvalue weighted by Crippen LogP contribution is -2.44. The molecule has 3 aliphatic rings. The minimum Gasteiger partial charge on any atom is -0.480 e. The highest BCUT2D eigenvalue weighted by Crippen LogP contribution is 2.62. The summed E-state index contributed by atoms with van der Waals surface area (Å²) in [5, 5.41) is 9.37. The van der Waals surface area contributed by atoms with E-state index in [4.69, 9.17) is 14.2 Å². The molecule has 3 fully saturated rings. The molecule has 3 rings (SSSR count). The molecular weight excluding hydrogens is 308 g/mol. The Hall–Kier alpha value is -2.38. The zero-order valence-electron chi connectivity index (χ0n) is 12.4. The summed E-state index contributed by atoms with van der Waals surface area (Å²) in [6.45, 7) is 4.28. The smallest absolute Gasteiger partial charge is 0.344 e. The van der Waals surface area contributed by atoms with Gasteiger partial charge in [-0.1, -0.05) is 6.58 Å². The van der Waals surface area contributed by atoms with E-state index in [2.05, 4.69) is 6.58 Å². The van der Waals surface area contributed by atoms with Crippen LogP contribution in [0.25, 0.3) is 0 Å². The molecule has 2 saturated carbocycles. The zero-order chi connectivity index (χ0) is 16.9. The summed E-state index contributed by atoms with van der Waals surface area (Å²) in [5.41, 5.74) is -1.33. The van der Waals surface area contributed by atoms with Crippen LogP contribution in [0.2, 0.25) is 0 Å². The molecule has 1 heterocycles. The molecule has 1 aliphatic heterocycles. The molecular formula is C15H16O8. The lowest BCUT2D eigenvalue weighted by molar-refractivity contribution is -0.168. The molecule has 1 N–H and O–H groups in total. The van der Waals surface area contributed by atoms with Gasteiger partial charge in [-0.15, -0.1) is 0 Å². The van der Waals surface area contributed by atoms with E-state index in [0.29, 0.717) is 6.42 Å². The zero-order valence-corrected chi connectivity index (χ0v) is 12.4. The fourth-order valence-corrected chi connectivity index (χ4v) is 3.88. The number of hydrogen-bond donors (Lipinski definition) is 1. The van der Waals surface area contributed by atoms with Crippen molar-refractivity contribution in [1.29, 1.82) is 0 Å². The Balaban J connectivity index is 1.64. The SMILES string of the molecule is C=C(C)C(=O)OCC(=O)O[C@H]1C2CC3C1OC(=O)C3(C(=O)O)C2. The Bertz CT molecular complexity index is 623. The molecule has 5 atom stereocenters. The van der Waals surface area contributed by atoms with Crippen LogP contribution in [0.4, 0.5) is 0 Å². The van der Waals surface area contributed by atoms with Gasteiger partial charge in [0.1, 0.15) is 12.2 Å². The number of carbonyl (C=O) groups is 4. The van der Waals surface area contributed by atoms with E-state index in [-0.39, 0.29) is 17.9 Å². The lowest BCUT2D eigenvalue weighted by Gasteiger charge is -2.28. The number of carbonyl (C=O) groups excluding carboxylic acids is 3. The molecule has 0 aromatic heterocycles. The molecule has 0 amide bonds. The third-order valence-electron chi connectivity index (χ3n) is 4.88. The first-order valence-electron chi connectivity index (χ1n) is 7.24. The van der Waals surface area contributed by atoms with Crippen LogP contribution in [0.5, 0.6) is 0 Å². The monoisotopic (exact) mass is 324 g/mol. The number of fused-ring (bicyclic) bond motifs is 1. The number of aliphatic carboxylic acids is 1. The van der Waals surface area contributed by atoms with Crippen LogP contribution in [0.3, 0.4) is 0 Å². The molecule has 1 saturated heterocycles. The third-order valence-corrected chi connectivity index (χ3v) is 4.88. The molecule has 0 aromatic rings. The summed E-state index contributed by atoms with van der Waals surface area (Å²) < 4.78 is 15.1. The predicted molar refractivity (Wildman–Crippen MR) is 71.8 cm³/mol. The van der Waals surface area contributed by atoms with Crippen molar-refractivity contribution in [1.82, 2.24) is 0 Å². The van der Waals surface area contributed by atoms with E-state index in [1.807, 2.05) is 0 Å². The minimum atomic E-state index is -1.50. The Morgan fingerprint density at radius 1 is 1.43 bits per heavy atom. The van der Waals surface area contributed by atoms with Crippen molar-refractivity contribution in [2.75, 3.05) is 6.61 Å². The normalized spacial score (nSPS) is 36.5. The summed E-state index contributed by atoms with van der Waals surface area (Å²) in [5.74, 6) is -4.12. The van der Waals surface area contributed by atoms with Gasteiger partial charge >= 0.3 is 23.9 Å². The second kappa shape index (κ2) is 5.07. The van der Waals surface area contributed by atoms with Gasteiger partial charge in [-0.05, 0) is 19.8 Å². The highest BCUT2D eigenvalue weighted by atomic mass is 16.6. The van der Waals surface area contributed by atoms with Crippen LogP contribution in [-0.4, -0.2) is 47.8 Å². The minimum absolute atomic E-state index is 0.103. The topological polar surface area (TPSA) is 116 Å². The Labute approximate surface area is 131 Å². The molecule has 23 heavy (non-hydrogen) atoms. The standard InChI is InChI=1S/C15H16O8/c1-6(2)12(17)21-5-9(16)22-10-7-3-8-11(10)23-14(20)15(8,4-7)13(18)19/h7-8,10-11H,1,3-5H2,2H3,(H,18,19)/t7?,8?,10-,11?,15?/m0/s1. The maximum absolute atomic E-state index is 12.0. The first-order chi connectivity index (χ1) is 10.8. The summed E-state index contributed by atoms with van der Waals surface area (Å²) in [4.78, 5) is 46.5. The fourth-order valence-electron chi connectivity index (χ4n) is 3.88. The summed E-state index contributed by atoms with van der Waals surface area (Å²) in [6.07, 6.45) is -0.856. The average Bonchev–Trinajstić information content (AvgIpc) is 3.06. The van der Waals surface area contributed by atoms with Crippen LogP contribution in [0.15, 0.2) is 12.2 Å². The summed E-state index contributed by atoms with van der Waals surface area (Å²) >= 11 is 0. The first kappa shape index (κ1) is 15.5. The largest absolute Gasteiger partial charge is 0.480 e. The van der Waals surface area contributed by atoms with E-state index in [1.54, 1.807) is 0 Å². The van der Waals surface area contributed by atoms with Gasteiger partial charge in [0.15, 0.2) is 12.0 Å². The molecule has 124 valence electrons. The van der Waals surface area contributed by atoms with Crippen molar-refractivity contribution >= 4 is 23.9 Å². The van der Waals surface area contributed by atoms with E-state index in [0.717, 1.165) is 0 Å². The highest BCUT2D eigenvalue weighted by Gasteiger charge is 2.75. The summed E-state index contributed by atoms with van der Waals surface area (Å²) in [6, 6.07) is 0. The van der Waals surface area contributed by atoms with Crippen molar-refractivity contribution in [3.8, 4) is 0 Å². The Morgan fingerprint density at radius 3 is 2.74 bits per heavy atom. The molecule has 8 heteroatoms. The van der Waals surface area contributed by atoms with Crippen molar-refractivity contribution in [3.63, 3.8) is 0 Å². The third kappa shape index (κ3) is 2.12. The van der Waals surface area contributed by atoms with Gasteiger partial charge in [0, 0.05) is 17.4 Å². The Kier molecular flexibility index (Phi) is 3.42. The molecule has 2 aliphatic carbocycles. The predicted octanol–water partition coefficient (Wildman–Crippen LogP) is 0.0537. The molecule has 0 aromatic carbocycles. The van der Waals surface area contributed by atoms with Crippen molar-refractivity contribution in [2.24, 2.45) is 17.3 Å². The lowest BCUT2D eigenvalue weighted by atomic mass is 9.73. The van der Waals surface area contributed by atoms with Crippen LogP contribution in [0, 0.1) is 17.3 Å². The van der Waals surface area contributed by atoms with Gasteiger partial charge in [0.05, 0.1) is 0 Å². The molecule has 0 spiro atoms. The molecule has 2 bridgehead atoms. The quantitative estimate of drug-likeness (QED) is 0.326. The fraction of sp³-hybridized carbons (Fsp3) is 0.600. The van der Waals surface area contributed by atoms with Gasteiger partial charge in [0.2, 0.25) is 0 Å². The molecule has 4 unspecified atom stereocenters. The second-order valence-corrected chi connectivity index (χ2v) is 6.26. The highest BCUT2D eigenvalue weighted by molar-refractivity contribution is 6.02. The van der Waals surface area contributed by atoms with Gasteiger partial charge < -0.3 is 19.3 Å². The van der Waals surface area contributed by atoms with Gasteiger partial charge in [-0.2, -0.15) is 0 Å². The van der Waals surface area contributed by atoms with Crippen molar-refractivity contribution < 1.29 is 38.5 Å². The molecule has 0 radical (unpaired) electrons. The van der Waals surface area contributed by atoms with E-state index in [9.17, 15) is 24.3 Å². The maximum Gasteiger partial charge on any atom is 0.344 e. The van der Waals surface area contributed by atoms with E-state index in [1.165, 1.54) is 6.92 Å². The number of esters is 3. The van der Waals surface area contributed by atoms with Crippen LogP contribution < -0.4 is 0 Å². The van der Waals surface area contributed by atoms with Gasteiger partial charge in [-0.3, -0.25) is 9.59 Å². The van der Waals surface area contributed by atoms with Crippen LogP contribution in [-0.2, 0) is 33.4 Å². The maximum atomic E-state index is 12.0. The van der Waals surface area contributed by atoms with E-state index < -0.39 is 54.0 Å². The summed E-state index contributed by atoms with van der Waals surface area (Å²) in [7, 11) is 0. The van der Waals surface area contributed by atoms with Crippen LogP contribution in [0.1, 0.15) is 19.8 Å². The average molecular weight is 324 g/mol. The number of rotatable bonds is 5. The molecule has 8 nitrogen and oxygen atoms in total. The first-order valence-corrected chi connectivity index (χ1v) is 7.24. The number of ether oxygens (including phenoxy) is 3. The van der Waals surface area contributed by atoms with Gasteiger partial charge in [0.25, 0.3) is 0 Å². The van der Waals surface area contributed by atoms with Crippen molar-refractivity contribution in [3.05, 3.63) is 12.2 Å². The van der Waals surface area contributed by atoms with Gasteiger partial charge in [-0.25, -0.2) is 9.59 Å². The van der Waals surface area contributed by atoms with Crippen LogP contribution >= 0.6 is 0 Å². The van der Waals surface area contributed by atoms with E-state index >= 15 is 0 Å². The Morgan fingerprint density at radius 2 is 2.13 bits per heavy atom.